The van der Waals surface area contributed by atoms with Crippen LogP contribution >= 0.6 is 0 Å². The van der Waals surface area contributed by atoms with E-state index in [1.807, 2.05) is 0 Å². The van der Waals surface area contributed by atoms with E-state index in [9.17, 15) is 0 Å². The molecule has 350 valence electrons. The Morgan fingerprint density at radius 3 is 2.08 bits per heavy atom. The largest absolute Gasteiger partial charge is 0.481 e. The third-order valence-corrected chi connectivity index (χ3v) is 17.2. The first-order chi connectivity index (χ1) is 36.1. The summed E-state index contributed by atoms with van der Waals surface area (Å²) in [5.41, 5.74) is 18.7. The topological polar surface area (TPSA) is 55.1 Å². The molecule has 4 heterocycles. The van der Waals surface area contributed by atoms with E-state index >= 15 is 0 Å². The molecule has 1 aliphatic heterocycles. The third-order valence-electron chi connectivity index (χ3n) is 17.2. The number of anilines is 5. The standard InChI is InChI=1S/C67H48N2O4/c1-3-13-43(14-4-1)68(46-21-27-51-54-25-19-39-11-7-9-17-49(39)65(54)71-61(51)35-46)45-23-29-53-57-31-42-38-67-58(32-41(42)33-59(57)70-60(53)34-45)64(67)56-30-24-48(37-63(56)73-67)69(44-15-5-2-6-16-44)47-22-28-52-55-26-20-40-12-8-10-18-50(40)66(55)72-62(52)36-47/h1,3-5,7,9,11,13-17,20-24,26-38,58,64H,2,6,8,10,12,18-19,25H2. The zero-order chi connectivity index (χ0) is 47.5. The Bertz CT molecular complexity index is 4410. The minimum atomic E-state index is -0.399. The van der Waals surface area contributed by atoms with Gasteiger partial charge in [-0.3, -0.25) is 0 Å². The summed E-state index contributed by atoms with van der Waals surface area (Å²) in [6, 6.07) is 55.3. The van der Waals surface area contributed by atoms with Crippen LogP contribution in [-0.4, -0.2) is 5.60 Å². The van der Waals surface area contributed by atoms with Crippen molar-refractivity contribution in [2.24, 2.45) is 5.92 Å². The van der Waals surface area contributed by atoms with Gasteiger partial charge in [0.25, 0.3) is 0 Å². The lowest BCUT2D eigenvalue weighted by molar-refractivity contribution is 0.248. The fourth-order valence-corrected chi connectivity index (χ4v) is 13.7. The summed E-state index contributed by atoms with van der Waals surface area (Å²) in [6.07, 6.45) is 20.5. The number of benzene rings is 8. The monoisotopic (exact) mass is 944 g/mol. The highest BCUT2D eigenvalue weighted by atomic mass is 16.5. The van der Waals surface area contributed by atoms with Gasteiger partial charge in [-0.05, 0) is 157 Å². The van der Waals surface area contributed by atoms with Crippen LogP contribution in [0.15, 0.2) is 189 Å². The number of nitrogens with zero attached hydrogens (tertiary/aromatic N) is 2. The Labute approximate surface area is 421 Å². The lowest BCUT2D eigenvalue weighted by Crippen LogP contribution is -2.33. The van der Waals surface area contributed by atoms with Crippen molar-refractivity contribution < 1.29 is 18.0 Å². The predicted octanol–water partition coefficient (Wildman–Crippen LogP) is 15.8. The first kappa shape index (κ1) is 40.2. The van der Waals surface area contributed by atoms with Gasteiger partial charge in [-0.15, -0.1) is 0 Å². The molecule has 8 aromatic carbocycles. The molecular formula is C67H48N2O4. The Kier molecular flexibility index (Phi) is 8.14. The highest BCUT2D eigenvalue weighted by molar-refractivity contribution is 6.08. The summed E-state index contributed by atoms with van der Waals surface area (Å²) in [5, 5.41) is 8.17. The van der Waals surface area contributed by atoms with Crippen LogP contribution in [0.3, 0.4) is 0 Å². The quantitative estimate of drug-likeness (QED) is 0.166. The molecule has 11 aromatic rings. The molecular weight excluding hydrogens is 897 g/mol. The number of aryl methyl sites for hydroxylation is 4. The van der Waals surface area contributed by atoms with Gasteiger partial charge in [0.15, 0.2) is 0 Å². The number of hydrogen-bond acceptors (Lipinski definition) is 6. The van der Waals surface area contributed by atoms with Crippen molar-refractivity contribution in [1.29, 1.82) is 0 Å². The molecule has 6 heteroatoms. The molecule has 1 spiro atoms. The summed E-state index contributed by atoms with van der Waals surface area (Å²) in [7, 11) is 0. The molecule has 6 nitrogen and oxygen atoms in total. The van der Waals surface area contributed by atoms with E-state index < -0.39 is 5.60 Å². The predicted molar refractivity (Wildman–Crippen MR) is 294 cm³/mol. The van der Waals surface area contributed by atoms with Gasteiger partial charge >= 0.3 is 0 Å². The number of furan rings is 3. The van der Waals surface area contributed by atoms with Crippen LogP contribution in [0, 0.1) is 5.92 Å². The second kappa shape index (κ2) is 14.8. The van der Waals surface area contributed by atoms with Crippen molar-refractivity contribution in [3.8, 4) is 17.1 Å². The first-order valence-electron chi connectivity index (χ1n) is 26.3. The maximum Gasteiger partial charge on any atom is 0.143 e. The lowest BCUT2D eigenvalue weighted by atomic mass is 9.89. The molecule has 17 rings (SSSR count). The van der Waals surface area contributed by atoms with Gasteiger partial charge in [0.1, 0.15) is 45.0 Å². The van der Waals surface area contributed by atoms with Crippen LogP contribution in [0.2, 0.25) is 0 Å². The van der Waals surface area contributed by atoms with Crippen LogP contribution in [0.25, 0.3) is 78.3 Å². The molecule has 0 amide bonds. The number of ether oxygens (including phenoxy) is 1. The fourth-order valence-electron chi connectivity index (χ4n) is 13.7. The number of rotatable bonds is 6. The second-order valence-electron chi connectivity index (χ2n) is 21.2. The van der Waals surface area contributed by atoms with E-state index in [2.05, 4.69) is 192 Å². The molecule has 0 radical (unpaired) electrons. The lowest BCUT2D eigenvalue weighted by Gasteiger charge is -2.28. The normalized spacial score (nSPS) is 19.8. The maximum absolute atomic E-state index is 7.17. The minimum absolute atomic E-state index is 0.263. The Balaban J connectivity index is 0.711. The van der Waals surface area contributed by atoms with Gasteiger partial charge in [-0.25, -0.2) is 0 Å². The summed E-state index contributed by atoms with van der Waals surface area (Å²) in [6.45, 7) is 0. The highest BCUT2D eigenvalue weighted by Gasteiger charge is 2.70. The molecule has 3 unspecified atom stereocenters. The van der Waals surface area contributed by atoms with Gasteiger partial charge in [0.2, 0.25) is 0 Å². The van der Waals surface area contributed by atoms with Crippen molar-refractivity contribution in [2.45, 2.75) is 62.9 Å². The van der Waals surface area contributed by atoms with E-state index in [1.54, 1.807) is 0 Å². The smallest absolute Gasteiger partial charge is 0.143 e. The van der Waals surface area contributed by atoms with Crippen molar-refractivity contribution in [3.63, 3.8) is 0 Å². The van der Waals surface area contributed by atoms with E-state index in [0.717, 1.165) is 117 Å². The summed E-state index contributed by atoms with van der Waals surface area (Å²) in [5.74, 6) is 2.50. The molecule has 3 atom stereocenters. The number of hydrogen-bond donors (Lipinski definition) is 0. The average molecular weight is 945 g/mol. The number of fused-ring (bicyclic) bond motifs is 17. The molecule has 0 bridgehead atoms. The minimum Gasteiger partial charge on any atom is -0.481 e. The molecule has 73 heavy (non-hydrogen) atoms. The van der Waals surface area contributed by atoms with E-state index in [0.29, 0.717) is 0 Å². The van der Waals surface area contributed by atoms with Gasteiger partial charge in [0.05, 0.1) is 0 Å². The zero-order valence-corrected chi connectivity index (χ0v) is 40.2. The molecule has 1 fully saturated rings. The van der Waals surface area contributed by atoms with Crippen LogP contribution in [0.4, 0.5) is 28.4 Å². The highest BCUT2D eigenvalue weighted by Crippen LogP contribution is 2.69. The maximum atomic E-state index is 7.17. The van der Waals surface area contributed by atoms with Gasteiger partial charge in [-0.2, -0.15) is 0 Å². The molecule has 1 saturated carbocycles. The summed E-state index contributed by atoms with van der Waals surface area (Å²) >= 11 is 0. The number of allylic oxidation sites excluding steroid dienone is 3. The van der Waals surface area contributed by atoms with Crippen molar-refractivity contribution in [1.82, 2.24) is 0 Å². The van der Waals surface area contributed by atoms with E-state index in [1.165, 1.54) is 78.5 Å². The fraction of sp³-hybridized carbons (Fsp3) is 0.164. The SMILES string of the molecule is C1=CC(N(c2ccc3c(c2)OC24C=c5cc6c(cc5=CC2C34)oc2cc(N(c3ccccc3)c3ccc4c5c(oc4c3)-c3ccccc3CC5)ccc26)c2ccc3c(c2)oc2c4c(ccc23)CCCC4)=CCC1. The zero-order valence-electron chi connectivity index (χ0n) is 40.2. The van der Waals surface area contributed by atoms with Crippen molar-refractivity contribution in [3.05, 3.63) is 214 Å². The molecule has 5 aliphatic carbocycles. The molecule has 0 N–H and O–H groups in total. The molecule has 0 saturated heterocycles. The second-order valence-corrected chi connectivity index (χ2v) is 21.2. The molecule has 3 aromatic heterocycles. The first-order valence-corrected chi connectivity index (χ1v) is 26.3. The third kappa shape index (κ3) is 5.80. The Hall–Kier alpha value is -8.48. The van der Waals surface area contributed by atoms with E-state index in [4.69, 9.17) is 18.0 Å². The van der Waals surface area contributed by atoms with Gasteiger partial charge in [-0.1, -0.05) is 78.9 Å². The summed E-state index contributed by atoms with van der Waals surface area (Å²) < 4.78 is 27.4. The average Bonchev–Trinajstić information content (AvgIpc) is 3.89. The van der Waals surface area contributed by atoms with E-state index in [-0.39, 0.29) is 11.8 Å². The van der Waals surface area contributed by atoms with Crippen LogP contribution in [0.1, 0.15) is 59.4 Å². The van der Waals surface area contributed by atoms with Crippen molar-refractivity contribution in [2.75, 3.05) is 9.80 Å². The van der Waals surface area contributed by atoms with Crippen molar-refractivity contribution >= 4 is 95.4 Å². The Morgan fingerprint density at radius 2 is 1.22 bits per heavy atom. The number of para-hydroxylation sites is 1. The van der Waals surface area contributed by atoms with Crippen LogP contribution < -0.4 is 25.0 Å². The molecule has 6 aliphatic rings. The van der Waals surface area contributed by atoms with Crippen LogP contribution in [0.5, 0.6) is 5.75 Å². The van der Waals surface area contributed by atoms with Gasteiger partial charge < -0.3 is 27.8 Å². The Morgan fingerprint density at radius 1 is 0.493 bits per heavy atom. The van der Waals surface area contributed by atoms with Gasteiger partial charge in [0, 0.05) is 114 Å². The van der Waals surface area contributed by atoms with Crippen LogP contribution in [-0.2, 0) is 25.7 Å². The summed E-state index contributed by atoms with van der Waals surface area (Å²) in [4.78, 5) is 4.68.